The number of hydrogen-bond donors (Lipinski definition) is 0. The van der Waals surface area contributed by atoms with E-state index in [0.29, 0.717) is 4.83 Å². The van der Waals surface area contributed by atoms with Crippen molar-refractivity contribution in [3.8, 4) is 0 Å². The van der Waals surface area contributed by atoms with E-state index in [1.54, 1.807) is 0 Å². The molecule has 0 bridgehead atoms. The summed E-state index contributed by atoms with van der Waals surface area (Å²) in [6.07, 6.45) is 1.75. The molecule has 0 heterocycles. The molecule has 0 aliphatic heterocycles. The lowest BCUT2D eigenvalue weighted by Crippen LogP contribution is -2.15. The van der Waals surface area contributed by atoms with Crippen LogP contribution in [0.5, 0.6) is 0 Å². The smallest absolute Gasteiger partial charge is 0.318 e. The molecule has 1 unspecified atom stereocenters. The zero-order chi connectivity index (χ0) is 14.1. The third-order valence-electron chi connectivity index (χ3n) is 3.51. The number of rotatable bonds is 1. The Morgan fingerprint density at radius 3 is 2.90 bits per heavy atom. The van der Waals surface area contributed by atoms with Gasteiger partial charge < -0.3 is 4.84 Å². The van der Waals surface area contributed by atoms with E-state index in [9.17, 15) is 4.79 Å². The van der Waals surface area contributed by atoms with Crippen LogP contribution in [0.25, 0.3) is 10.8 Å². The molecule has 1 aliphatic carbocycles. The zero-order valence-electron chi connectivity index (χ0n) is 11.1. The maximum absolute atomic E-state index is 11.0. The second-order valence-corrected chi connectivity index (χ2v) is 5.98. The highest BCUT2D eigenvalue weighted by molar-refractivity contribution is 9.09. The molecule has 0 radical (unpaired) electrons. The maximum Gasteiger partial charge on any atom is 0.331 e. The standard InChI is InChI=1S/C16H14BrNO2/c1-10(19)20-18-15-9-8-14(17)13-7-6-11-4-2-3-5-12(11)16(13)15/h2-7,14H,8-9H2,1H3/b18-15-. The van der Waals surface area contributed by atoms with Gasteiger partial charge >= 0.3 is 5.97 Å². The first-order valence-electron chi connectivity index (χ1n) is 6.57. The minimum atomic E-state index is -0.389. The normalized spacial score (nSPS) is 19.9. The molecule has 4 heteroatoms. The van der Waals surface area contributed by atoms with Crippen molar-refractivity contribution in [3.05, 3.63) is 47.5 Å². The molecule has 3 nitrogen and oxygen atoms in total. The monoisotopic (exact) mass is 331 g/mol. The Hall–Kier alpha value is -1.68. The molecule has 1 aliphatic rings. The first kappa shape index (κ1) is 13.3. The molecule has 0 saturated heterocycles. The summed E-state index contributed by atoms with van der Waals surface area (Å²) >= 11 is 3.72. The number of hydrogen-bond acceptors (Lipinski definition) is 3. The number of alkyl halides is 1. The molecular weight excluding hydrogens is 318 g/mol. The second-order valence-electron chi connectivity index (χ2n) is 4.88. The lowest BCUT2D eigenvalue weighted by Gasteiger charge is -2.23. The topological polar surface area (TPSA) is 38.7 Å². The number of benzene rings is 2. The summed E-state index contributed by atoms with van der Waals surface area (Å²) in [6, 6.07) is 12.5. The van der Waals surface area contributed by atoms with Crippen molar-refractivity contribution >= 4 is 38.4 Å². The van der Waals surface area contributed by atoms with Gasteiger partial charge in [0.2, 0.25) is 0 Å². The summed E-state index contributed by atoms with van der Waals surface area (Å²) in [6.45, 7) is 1.37. The Labute approximate surface area is 125 Å². The molecule has 2 aromatic rings. The summed E-state index contributed by atoms with van der Waals surface area (Å²) in [4.78, 5) is 16.2. The predicted molar refractivity (Wildman–Crippen MR) is 83.2 cm³/mol. The van der Waals surface area contributed by atoms with Crippen LogP contribution in [0.15, 0.2) is 41.6 Å². The van der Waals surface area contributed by atoms with Crippen molar-refractivity contribution in [3.63, 3.8) is 0 Å². The SMILES string of the molecule is CC(=O)O/N=C1/CCC(Br)c2ccc3ccccc3c21. The minimum Gasteiger partial charge on any atom is -0.318 e. The van der Waals surface area contributed by atoms with Gasteiger partial charge in [-0.1, -0.05) is 57.5 Å². The Bertz CT molecular complexity index is 709. The van der Waals surface area contributed by atoms with Crippen molar-refractivity contribution in [2.24, 2.45) is 5.16 Å². The van der Waals surface area contributed by atoms with E-state index in [1.807, 2.05) is 12.1 Å². The fraction of sp³-hybridized carbons (Fsp3) is 0.250. The highest BCUT2D eigenvalue weighted by Crippen LogP contribution is 2.39. The van der Waals surface area contributed by atoms with E-state index in [4.69, 9.17) is 4.84 Å². The summed E-state index contributed by atoms with van der Waals surface area (Å²) in [5.74, 6) is -0.389. The summed E-state index contributed by atoms with van der Waals surface area (Å²) in [7, 11) is 0. The van der Waals surface area contributed by atoms with Crippen molar-refractivity contribution in [1.82, 2.24) is 0 Å². The third kappa shape index (κ3) is 2.36. The van der Waals surface area contributed by atoms with E-state index in [2.05, 4.69) is 45.4 Å². The Kier molecular flexibility index (Phi) is 3.57. The highest BCUT2D eigenvalue weighted by Gasteiger charge is 2.25. The number of halogens is 1. The number of nitrogens with zero attached hydrogens (tertiary/aromatic N) is 1. The van der Waals surface area contributed by atoms with Crippen LogP contribution in [0.1, 0.15) is 35.7 Å². The molecule has 2 aromatic carbocycles. The van der Waals surface area contributed by atoms with Gasteiger partial charge in [0, 0.05) is 17.3 Å². The Balaban J connectivity index is 2.22. The third-order valence-corrected chi connectivity index (χ3v) is 4.46. The predicted octanol–water partition coefficient (Wildman–Crippen LogP) is 4.34. The molecular formula is C16H14BrNO2. The van der Waals surface area contributed by atoms with Crippen LogP contribution in [0.2, 0.25) is 0 Å². The molecule has 20 heavy (non-hydrogen) atoms. The molecule has 0 saturated carbocycles. The Morgan fingerprint density at radius 1 is 1.30 bits per heavy atom. The van der Waals surface area contributed by atoms with Gasteiger partial charge in [0.1, 0.15) is 0 Å². The lowest BCUT2D eigenvalue weighted by atomic mass is 9.86. The van der Waals surface area contributed by atoms with E-state index < -0.39 is 0 Å². The fourth-order valence-electron chi connectivity index (χ4n) is 2.63. The van der Waals surface area contributed by atoms with Crippen LogP contribution < -0.4 is 0 Å². The minimum absolute atomic E-state index is 0.318. The Morgan fingerprint density at radius 2 is 2.10 bits per heavy atom. The average molecular weight is 332 g/mol. The molecule has 0 N–H and O–H groups in total. The largest absolute Gasteiger partial charge is 0.331 e. The number of fused-ring (bicyclic) bond motifs is 3. The first-order chi connectivity index (χ1) is 9.66. The molecule has 0 aromatic heterocycles. The van der Waals surface area contributed by atoms with Crippen LogP contribution in [-0.4, -0.2) is 11.7 Å². The quantitative estimate of drug-likeness (QED) is 0.443. The first-order valence-corrected chi connectivity index (χ1v) is 7.49. The van der Waals surface area contributed by atoms with Gasteiger partial charge in [0.05, 0.1) is 5.71 Å². The second kappa shape index (κ2) is 5.37. The summed E-state index contributed by atoms with van der Waals surface area (Å²) < 4.78 is 0. The number of oxime groups is 1. The van der Waals surface area contributed by atoms with Gasteiger partial charge in [-0.25, -0.2) is 4.79 Å². The molecule has 3 rings (SSSR count). The number of carbonyl (C=O) groups excluding carboxylic acids is 1. The van der Waals surface area contributed by atoms with Gasteiger partial charge in [-0.2, -0.15) is 0 Å². The lowest BCUT2D eigenvalue weighted by molar-refractivity contribution is -0.140. The molecule has 1 atom stereocenters. The zero-order valence-corrected chi connectivity index (χ0v) is 12.7. The van der Waals surface area contributed by atoms with Crippen molar-refractivity contribution in [1.29, 1.82) is 0 Å². The van der Waals surface area contributed by atoms with Crippen LogP contribution in [0.3, 0.4) is 0 Å². The van der Waals surface area contributed by atoms with Gasteiger partial charge in [0.25, 0.3) is 0 Å². The van der Waals surface area contributed by atoms with Gasteiger partial charge in [-0.3, -0.25) is 0 Å². The van der Waals surface area contributed by atoms with Gasteiger partial charge in [-0.15, -0.1) is 0 Å². The van der Waals surface area contributed by atoms with E-state index in [-0.39, 0.29) is 5.97 Å². The summed E-state index contributed by atoms with van der Waals surface area (Å²) in [5.41, 5.74) is 3.15. The molecule has 102 valence electrons. The number of carbonyl (C=O) groups is 1. The van der Waals surface area contributed by atoms with Crippen molar-refractivity contribution in [2.75, 3.05) is 0 Å². The van der Waals surface area contributed by atoms with Gasteiger partial charge in [0.15, 0.2) is 0 Å². The van der Waals surface area contributed by atoms with Crippen molar-refractivity contribution in [2.45, 2.75) is 24.6 Å². The fourth-order valence-corrected chi connectivity index (χ4v) is 3.24. The van der Waals surface area contributed by atoms with Gasteiger partial charge in [-0.05, 0) is 29.2 Å². The van der Waals surface area contributed by atoms with Crippen LogP contribution in [0.4, 0.5) is 0 Å². The summed E-state index contributed by atoms with van der Waals surface area (Å²) in [5, 5.41) is 6.38. The molecule has 0 spiro atoms. The maximum atomic E-state index is 11.0. The van der Waals surface area contributed by atoms with E-state index in [0.717, 1.165) is 29.5 Å². The van der Waals surface area contributed by atoms with Crippen LogP contribution in [-0.2, 0) is 9.63 Å². The van der Waals surface area contributed by atoms with Crippen LogP contribution in [0, 0.1) is 0 Å². The van der Waals surface area contributed by atoms with E-state index >= 15 is 0 Å². The van der Waals surface area contributed by atoms with Crippen molar-refractivity contribution < 1.29 is 9.63 Å². The average Bonchev–Trinajstić information content (AvgIpc) is 2.46. The van der Waals surface area contributed by atoms with Crippen LogP contribution >= 0.6 is 15.9 Å². The highest BCUT2D eigenvalue weighted by atomic mass is 79.9. The van der Waals surface area contributed by atoms with E-state index in [1.165, 1.54) is 17.9 Å². The molecule has 0 fully saturated rings. The molecule has 0 amide bonds.